The van der Waals surface area contributed by atoms with Crippen LogP contribution in [0.1, 0.15) is 30.0 Å². The van der Waals surface area contributed by atoms with Crippen molar-refractivity contribution in [3.63, 3.8) is 0 Å². The smallest absolute Gasteiger partial charge is 0.0995 e. The largest absolute Gasteiger partial charge is 0.310 e. The third-order valence-electron chi connectivity index (χ3n) is 2.52. The number of halogens is 1. The fourth-order valence-corrected chi connectivity index (χ4v) is 1.85. The Labute approximate surface area is 90.3 Å². The summed E-state index contributed by atoms with van der Waals surface area (Å²) < 4.78 is 0. The normalized spacial score (nSPS) is 19.8. The molecule has 1 atom stereocenters. The lowest BCUT2D eigenvalue weighted by atomic mass is 10.0. The van der Waals surface area contributed by atoms with E-state index in [1.807, 2.05) is 24.3 Å². The molecule has 0 spiro atoms. The van der Waals surface area contributed by atoms with Crippen molar-refractivity contribution >= 4 is 12.4 Å². The van der Waals surface area contributed by atoms with Gasteiger partial charge in [0, 0.05) is 6.04 Å². The second kappa shape index (κ2) is 4.99. The summed E-state index contributed by atoms with van der Waals surface area (Å²) in [5.41, 5.74) is 1.96. The van der Waals surface area contributed by atoms with Crippen molar-refractivity contribution in [3.8, 4) is 6.07 Å². The first-order valence-electron chi connectivity index (χ1n) is 4.64. The molecular weight excluding hydrogens is 196 g/mol. The number of nitrogens with zero attached hydrogens (tertiary/aromatic N) is 1. The number of hydrogen-bond acceptors (Lipinski definition) is 2. The van der Waals surface area contributed by atoms with E-state index in [1.54, 1.807) is 0 Å². The number of rotatable bonds is 1. The number of nitriles is 1. The second-order valence-electron chi connectivity index (χ2n) is 3.35. The van der Waals surface area contributed by atoms with Gasteiger partial charge in [-0.05, 0) is 31.0 Å². The molecule has 2 rings (SSSR count). The van der Waals surface area contributed by atoms with Gasteiger partial charge < -0.3 is 5.32 Å². The highest BCUT2D eigenvalue weighted by atomic mass is 35.5. The first-order chi connectivity index (χ1) is 6.42. The van der Waals surface area contributed by atoms with Crippen molar-refractivity contribution < 1.29 is 0 Å². The fourth-order valence-electron chi connectivity index (χ4n) is 1.85. The van der Waals surface area contributed by atoms with E-state index in [1.165, 1.54) is 6.42 Å². The number of benzene rings is 1. The van der Waals surface area contributed by atoms with Crippen LogP contribution >= 0.6 is 12.4 Å². The first kappa shape index (κ1) is 11.0. The zero-order valence-corrected chi connectivity index (χ0v) is 8.68. The Bertz CT molecular complexity index is 337. The van der Waals surface area contributed by atoms with Crippen LogP contribution in [0.2, 0.25) is 0 Å². The van der Waals surface area contributed by atoms with Crippen molar-refractivity contribution in [2.24, 2.45) is 0 Å². The molecule has 0 amide bonds. The molecule has 14 heavy (non-hydrogen) atoms. The molecule has 0 radical (unpaired) electrons. The van der Waals surface area contributed by atoms with Crippen molar-refractivity contribution in [3.05, 3.63) is 35.4 Å². The summed E-state index contributed by atoms with van der Waals surface area (Å²) in [7, 11) is 0. The Hall–Kier alpha value is -1.04. The summed E-state index contributed by atoms with van der Waals surface area (Å²) in [6.45, 7) is 1.07. The molecule has 1 aromatic carbocycles. The molecule has 1 fully saturated rings. The molecule has 74 valence electrons. The van der Waals surface area contributed by atoms with Gasteiger partial charge in [-0.15, -0.1) is 12.4 Å². The highest BCUT2D eigenvalue weighted by Gasteiger charge is 2.18. The molecule has 1 aromatic rings. The topological polar surface area (TPSA) is 35.8 Å². The molecule has 1 heterocycles. The molecule has 0 aliphatic carbocycles. The minimum Gasteiger partial charge on any atom is -0.310 e. The Balaban J connectivity index is 0.000000980. The molecule has 0 aromatic heterocycles. The van der Waals surface area contributed by atoms with Gasteiger partial charge in [0.05, 0.1) is 11.6 Å². The Morgan fingerprint density at radius 1 is 1.36 bits per heavy atom. The van der Waals surface area contributed by atoms with Crippen LogP contribution in [0.25, 0.3) is 0 Å². The van der Waals surface area contributed by atoms with Gasteiger partial charge in [-0.25, -0.2) is 0 Å². The first-order valence-corrected chi connectivity index (χ1v) is 4.64. The van der Waals surface area contributed by atoms with Crippen molar-refractivity contribution in [2.45, 2.75) is 18.9 Å². The summed E-state index contributed by atoms with van der Waals surface area (Å²) in [5, 5.41) is 12.3. The molecule has 0 saturated carbocycles. The van der Waals surface area contributed by atoms with E-state index in [-0.39, 0.29) is 12.4 Å². The van der Waals surface area contributed by atoms with Crippen LogP contribution in [0.3, 0.4) is 0 Å². The Morgan fingerprint density at radius 3 is 2.79 bits per heavy atom. The van der Waals surface area contributed by atoms with E-state index in [9.17, 15) is 0 Å². The molecule has 2 nitrogen and oxygen atoms in total. The highest BCUT2D eigenvalue weighted by molar-refractivity contribution is 5.85. The average molecular weight is 209 g/mol. The molecule has 1 aliphatic rings. The molecule has 1 aliphatic heterocycles. The molecule has 3 heteroatoms. The van der Waals surface area contributed by atoms with Crippen LogP contribution in [0, 0.1) is 11.3 Å². The van der Waals surface area contributed by atoms with E-state index in [0.29, 0.717) is 6.04 Å². The minimum atomic E-state index is 0. The van der Waals surface area contributed by atoms with Crippen LogP contribution in [-0.4, -0.2) is 6.54 Å². The summed E-state index contributed by atoms with van der Waals surface area (Å²) in [4.78, 5) is 0. The van der Waals surface area contributed by atoms with Crippen molar-refractivity contribution in [2.75, 3.05) is 6.54 Å². The predicted octanol–water partition coefficient (Wildman–Crippen LogP) is 2.40. The molecule has 1 saturated heterocycles. The van der Waals surface area contributed by atoms with Gasteiger partial charge in [0.2, 0.25) is 0 Å². The standard InChI is InChI=1S/C11H12N2.ClH/c12-8-9-4-1-2-5-10(9)11-6-3-7-13-11;/h1-2,4-5,11,13H,3,6-7H2;1H/t11-;/m1./s1. The van der Waals surface area contributed by atoms with E-state index in [4.69, 9.17) is 5.26 Å². The van der Waals surface area contributed by atoms with Gasteiger partial charge in [0.25, 0.3) is 0 Å². The zero-order valence-electron chi connectivity index (χ0n) is 7.86. The van der Waals surface area contributed by atoms with Gasteiger partial charge >= 0.3 is 0 Å². The monoisotopic (exact) mass is 208 g/mol. The van der Waals surface area contributed by atoms with Crippen LogP contribution in [0.15, 0.2) is 24.3 Å². The van der Waals surface area contributed by atoms with Gasteiger partial charge in [-0.3, -0.25) is 0 Å². The van der Waals surface area contributed by atoms with E-state index in [2.05, 4.69) is 11.4 Å². The maximum absolute atomic E-state index is 8.90. The number of nitrogens with one attached hydrogen (secondary N) is 1. The number of hydrogen-bond donors (Lipinski definition) is 1. The van der Waals surface area contributed by atoms with Gasteiger partial charge in [-0.2, -0.15) is 5.26 Å². The Morgan fingerprint density at radius 2 is 2.14 bits per heavy atom. The van der Waals surface area contributed by atoms with Crippen LogP contribution < -0.4 is 5.32 Å². The second-order valence-corrected chi connectivity index (χ2v) is 3.35. The Kier molecular flexibility index (Phi) is 3.94. The lowest BCUT2D eigenvalue weighted by molar-refractivity contribution is 0.646. The van der Waals surface area contributed by atoms with Crippen LogP contribution in [0.5, 0.6) is 0 Å². The summed E-state index contributed by atoms with van der Waals surface area (Å²) in [6, 6.07) is 10.5. The summed E-state index contributed by atoms with van der Waals surface area (Å²) in [6.07, 6.45) is 2.36. The SMILES string of the molecule is Cl.N#Cc1ccccc1[C@H]1CCCN1. The van der Waals surface area contributed by atoms with E-state index >= 15 is 0 Å². The highest BCUT2D eigenvalue weighted by Crippen LogP contribution is 2.25. The van der Waals surface area contributed by atoms with Gasteiger partial charge in [-0.1, -0.05) is 18.2 Å². The summed E-state index contributed by atoms with van der Waals surface area (Å²) >= 11 is 0. The van der Waals surface area contributed by atoms with Crippen molar-refractivity contribution in [1.82, 2.24) is 5.32 Å². The van der Waals surface area contributed by atoms with E-state index in [0.717, 1.165) is 24.1 Å². The maximum Gasteiger partial charge on any atom is 0.0995 e. The lowest BCUT2D eigenvalue weighted by Crippen LogP contribution is -2.13. The van der Waals surface area contributed by atoms with Gasteiger partial charge in [0.1, 0.15) is 0 Å². The average Bonchev–Trinajstić information content (AvgIpc) is 2.70. The van der Waals surface area contributed by atoms with Crippen LogP contribution in [-0.2, 0) is 0 Å². The molecular formula is C11H13ClN2. The lowest BCUT2D eigenvalue weighted by Gasteiger charge is -2.11. The quantitative estimate of drug-likeness (QED) is 0.770. The summed E-state index contributed by atoms with van der Waals surface area (Å²) in [5.74, 6) is 0. The predicted molar refractivity (Wildman–Crippen MR) is 58.4 cm³/mol. The third kappa shape index (κ3) is 2.06. The maximum atomic E-state index is 8.90. The minimum absolute atomic E-state index is 0. The van der Waals surface area contributed by atoms with Gasteiger partial charge in [0.15, 0.2) is 0 Å². The molecule has 0 bridgehead atoms. The van der Waals surface area contributed by atoms with E-state index < -0.39 is 0 Å². The molecule has 0 unspecified atom stereocenters. The van der Waals surface area contributed by atoms with Crippen molar-refractivity contribution in [1.29, 1.82) is 5.26 Å². The molecule has 1 N–H and O–H groups in total. The van der Waals surface area contributed by atoms with Crippen LogP contribution in [0.4, 0.5) is 0 Å². The fraction of sp³-hybridized carbons (Fsp3) is 0.364. The third-order valence-corrected chi connectivity index (χ3v) is 2.52. The zero-order chi connectivity index (χ0) is 9.10.